The average Bonchev–Trinajstić information content (AvgIpc) is 2.38. The van der Waals surface area contributed by atoms with E-state index < -0.39 is 5.91 Å². The van der Waals surface area contributed by atoms with Crippen molar-refractivity contribution in [1.82, 2.24) is 9.80 Å². The van der Waals surface area contributed by atoms with E-state index in [1.807, 2.05) is 7.05 Å². The average molecular weight is 263 g/mol. The van der Waals surface area contributed by atoms with Gasteiger partial charge in [0.25, 0.3) is 5.91 Å². The molecule has 0 unspecified atom stereocenters. The Bertz CT molecular complexity index is 508. The maximum absolute atomic E-state index is 12.3. The summed E-state index contributed by atoms with van der Waals surface area (Å²) in [5, 5.41) is 9.55. The molecule has 0 aliphatic carbocycles. The zero-order valence-corrected chi connectivity index (χ0v) is 10.8. The van der Waals surface area contributed by atoms with E-state index in [0.29, 0.717) is 18.7 Å². The van der Waals surface area contributed by atoms with Gasteiger partial charge in [-0.05, 0) is 25.2 Å². The molecule has 1 aliphatic rings. The van der Waals surface area contributed by atoms with Gasteiger partial charge in [0.2, 0.25) is 5.91 Å². The first-order chi connectivity index (χ1) is 8.97. The normalized spacial score (nSPS) is 16.4. The predicted molar refractivity (Wildman–Crippen MR) is 70.0 cm³/mol. The molecule has 102 valence electrons. The Morgan fingerprint density at radius 3 is 2.26 bits per heavy atom. The highest BCUT2D eigenvalue weighted by molar-refractivity contribution is 5.99. The zero-order chi connectivity index (χ0) is 14.0. The van der Waals surface area contributed by atoms with Crippen LogP contribution in [0.1, 0.15) is 20.7 Å². The third-order valence-corrected chi connectivity index (χ3v) is 3.24. The Balaban J connectivity index is 2.21. The number of piperazine rings is 1. The second-order valence-corrected chi connectivity index (χ2v) is 4.73. The van der Waals surface area contributed by atoms with Gasteiger partial charge in [0.1, 0.15) is 5.75 Å². The van der Waals surface area contributed by atoms with Crippen LogP contribution in [0.3, 0.4) is 0 Å². The highest BCUT2D eigenvalue weighted by atomic mass is 16.3. The van der Waals surface area contributed by atoms with Gasteiger partial charge in [0.05, 0.1) is 0 Å². The van der Waals surface area contributed by atoms with Gasteiger partial charge in [0.15, 0.2) is 0 Å². The summed E-state index contributed by atoms with van der Waals surface area (Å²) in [6.45, 7) is 2.90. The van der Waals surface area contributed by atoms with Gasteiger partial charge in [-0.2, -0.15) is 0 Å². The first-order valence-electron chi connectivity index (χ1n) is 6.09. The molecule has 0 spiro atoms. The number of likely N-dealkylation sites (N-methyl/N-ethyl adjacent to an activating group) is 1. The fraction of sp³-hybridized carbons (Fsp3) is 0.385. The lowest BCUT2D eigenvalue weighted by Gasteiger charge is -2.32. The number of benzene rings is 1. The fourth-order valence-electron chi connectivity index (χ4n) is 2.07. The first-order valence-corrected chi connectivity index (χ1v) is 6.09. The summed E-state index contributed by atoms with van der Waals surface area (Å²) in [5.74, 6) is -0.983. The molecular formula is C13H17N3O3. The van der Waals surface area contributed by atoms with E-state index in [9.17, 15) is 14.7 Å². The summed E-state index contributed by atoms with van der Waals surface area (Å²) in [7, 11) is 2.00. The summed E-state index contributed by atoms with van der Waals surface area (Å²) in [6, 6.07) is 4.03. The van der Waals surface area contributed by atoms with E-state index >= 15 is 0 Å². The molecule has 1 aromatic carbocycles. The number of rotatable bonds is 2. The van der Waals surface area contributed by atoms with Crippen molar-refractivity contribution in [3.63, 3.8) is 0 Å². The number of phenolic OH excluding ortho intramolecular Hbond substituents is 1. The summed E-state index contributed by atoms with van der Waals surface area (Å²) in [6.07, 6.45) is 0. The third-order valence-electron chi connectivity index (χ3n) is 3.24. The summed E-state index contributed by atoms with van der Waals surface area (Å²) >= 11 is 0. The highest BCUT2D eigenvalue weighted by Crippen LogP contribution is 2.17. The Labute approximate surface area is 111 Å². The van der Waals surface area contributed by atoms with Gasteiger partial charge >= 0.3 is 0 Å². The summed E-state index contributed by atoms with van der Waals surface area (Å²) in [4.78, 5) is 27.3. The molecule has 1 saturated heterocycles. The molecular weight excluding hydrogens is 246 g/mol. The maximum atomic E-state index is 12.3. The molecule has 2 rings (SSSR count). The SMILES string of the molecule is CN1CCN(C(=O)c2cc(O)cc(C(N)=O)c2)CC1. The van der Waals surface area contributed by atoms with Crippen LogP contribution in [0.5, 0.6) is 5.75 Å². The molecule has 1 aromatic rings. The van der Waals surface area contributed by atoms with E-state index in [0.717, 1.165) is 13.1 Å². The molecule has 1 aliphatic heterocycles. The number of carbonyl (C=O) groups is 2. The van der Waals surface area contributed by atoms with Crippen molar-refractivity contribution in [1.29, 1.82) is 0 Å². The maximum Gasteiger partial charge on any atom is 0.254 e. The van der Waals surface area contributed by atoms with Gasteiger partial charge in [0, 0.05) is 37.3 Å². The van der Waals surface area contributed by atoms with Gasteiger partial charge in [-0.25, -0.2) is 0 Å². The molecule has 1 fully saturated rings. The van der Waals surface area contributed by atoms with Crippen LogP contribution in [0, 0.1) is 0 Å². The molecule has 0 aromatic heterocycles. The van der Waals surface area contributed by atoms with E-state index in [1.54, 1.807) is 4.90 Å². The molecule has 0 atom stereocenters. The molecule has 3 N–H and O–H groups in total. The number of carbonyl (C=O) groups excluding carboxylic acids is 2. The lowest BCUT2D eigenvalue weighted by molar-refractivity contribution is 0.0663. The topological polar surface area (TPSA) is 86.9 Å². The number of nitrogens with zero attached hydrogens (tertiary/aromatic N) is 2. The minimum Gasteiger partial charge on any atom is -0.508 e. The van der Waals surface area contributed by atoms with Crippen molar-refractivity contribution >= 4 is 11.8 Å². The van der Waals surface area contributed by atoms with Crippen LogP contribution < -0.4 is 5.73 Å². The Hall–Kier alpha value is -2.08. The van der Waals surface area contributed by atoms with E-state index in [2.05, 4.69) is 4.90 Å². The van der Waals surface area contributed by atoms with Crippen LogP contribution >= 0.6 is 0 Å². The van der Waals surface area contributed by atoms with Crippen LogP contribution in [0.15, 0.2) is 18.2 Å². The Morgan fingerprint density at radius 2 is 1.68 bits per heavy atom. The lowest BCUT2D eigenvalue weighted by Crippen LogP contribution is -2.47. The monoisotopic (exact) mass is 263 g/mol. The molecule has 1 heterocycles. The van der Waals surface area contributed by atoms with Gasteiger partial charge in [-0.15, -0.1) is 0 Å². The number of hydrogen-bond acceptors (Lipinski definition) is 4. The van der Waals surface area contributed by atoms with Crippen molar-refractivity contribution in [3.8, 4) is 5.75 Å². The molecule has 0 radical (unpaired) electrons. The Morgan fingerprint density at radius 1 is 1.11 bits per heavy atom. The van der Waals surface area contributed by atoms with E-state index in [1.165, 1.54) is 18.2 Å². The van der Waals surface area contributed by atoms with Crippen molar-refractivity contribution in [3.05, 3.63) is 29.3 Å². The smallest absolute Gasteiger partial charge is 0.254 e. The Kier molecular flexibility index (Phi) is 3.71. The van der Waals surface area contributed by atoms with E-state index in [-0.39, 0.29) is 17.2 Å². The summed E-state index contributed by atoms with van der Waals surface area (Å²) < 4.78 is 0. The number of aromatic hydroxyl groups is 1. The first kappa shape index (κ1) is 13.4. The van der Waals surface area contributed by atoms with Crippen LogP contribution in [-0.2, 0) is 0 Å². The molecule has 19 heavy (non-hydrogen) atoms. The third kappa shape index (κ3) is 3.03. The summed E-state index contributed by atoms with van der Waals surface area (Å²) in [5.41, 5.74) is 5.59. The van der Waals surface area contributed by atoms with Crippen LogP contribution in [0.25, 0.3) is 0 Å². The number of phenols is 1. The highest BCUT2D eigenvalue weighted by Gasteiger charge is 2.21. The lowest BCUT2D eigenvalue weighted by atomic mass is 10.1. The van der Waals surface area contributed by atoms with Gasteiger partial charge in [-0.3, -0.25) is 9.59 Å². The second-order valence-electron chi connectivity index (χ2n) is 4.73. The van der Waals surface area contributed by atoms with Crippen molar-refractivity contribution in [2.45, 2.75) is 0 Å². The molecule has 6 heteroatoms. The fourth-order valence-corrected chi connectivity index (χ4v) is 2.07. The van der Waals surface area contributed by atoms with Crippen LogP contribution in [0.2, 0.25) is 0 Å². The quantitative estimate of drug-likeness (QED) is 0.778. The minimum absolute atomic E-state index is 0.131. The molecule has 6 nitrogen and oxygen atoms in total. The molecule has 2 amide bonds. The molecule has 0 saturated carbocycles. The largest absolute Gasteiger partial charge is 0.508 e. The standard InChI is InChI=1S/C13H17N3O3/c1-15-2-4-16(5-3-15)13(19)10-6-9(12(14)18)7-11(17)8-10/h6-8,17H,2-5H2,1H3,(H2,14,18). The van der Waals surface area contributed by atoms with Gasteiger partial charge in [-0.1, -0.05) is 0 Å². The minimum atomic E-state index is -0.664. The zero-order valence-electron chi connectivity index (χ0n) is 10.8. The predicted octanol–water partition coefficient (Wildman–Crippen LogP) is -0.121. The van der Waals surface area contributed by atoms with Crippen LogP contribution in [0.4, 0.5) is 0 Å². The second kappa shape index (κ2) is 5.27. The number of amides is 2. The number of primary amides is 1. The van der Waals surface area contributed by atoms with Crippen molar-refractivity contribution < 1.29 is 14.7 Å². The van der Waals surface area contributed by atoms with Crippen LogP contribution in [-0.4, -0.2) is 59.9 Å². The van der Waals surface area contributed by atoms with Crippen molar-refractivity contribution in [2.24, 2.45) is 5.73 Å². The van der Waals surface area contributed by atoms with E-state index in [4.69, 9.17) is 5.73 Å². The number of nitrogens with two attached hydrogens (primary N) is 1. The van der Waals surface area contributed by atoms with Crippen molar-refractivity contribution in [2.75, 3.05) is 33.2 Å². The molecule has 0 bridgehead atoms. The number of hydrogen-bond donors (Lipinski definition) is 2. The van der Waals surface area contributed by atoms with Gasteiger partial charge < -0.3 is 20.6 Å².